The van der Waals surface area contributed by atoms with Crippen molar-refractivity contribution in [1.82, 2.24) is 19.4 Å². The number of hydrogen-bond donors (Lipinski definition) is 2. The van der Waals surface area contributed by atoms with Gasteiger partial charge in [0.15, 0.2) is 11.6 Å². The van der Waals surface area contributed by atoms with Gasteiger partial charge in [-0.15, -0.1) is 0 Å². The number of hydrogen-bond acceptors (Lipinski definition) is 8. The summed E-state index contributed by atoms with van der Waals surface area (Å²) in [5, 5.41) is 15.6. The topological polar surface area (TPSA) is 155 Å². The Balaban J connectivity index is 0.000000895. The standard InChI is InChI=1S/C37H36F3N5O4.C2H2O4/c1-22-20-44(21-24-6-9-27(48-5)10-7-24)14-15-45(22)37(47)32-17-25-16-28(11-12-31(25)43(32)4)49-33-13-8-26(19-41-33)42(3)36(46)29-18-30(38)23(2)34(39)35(29)40;3-1(4)2(5)6/h6-13,16-19,22H,14-15,20-21H2,1-5H3;(H,3,4)(H,5,6). The Hall–Kier alpha value is -6.42. The number of amides is 2. The summed E-state index contributed by atoms with van der Waals surface area (Å²) in [7, 11) is 4.86. The highest BCUT2D eigenvalue weighted by atomic mass is 19.2. The number of fused-ring (bicyclic) bond motifs is 1. The van der Waals surface area contributed by atoms with Crippen molar-refractivity contribution >= 4 is 40.3 Å². The number of nitrogens with zero attached hydrogens (tertiary/aromatic N) is 5. The highest BCUT2D eigenvalue weighted by molar-refractivity contribution is 6.27. The van der Waals surface area contributed by atoms with Gasteiger partial charge in [0.1, 0.15) is 23.0 Å². The molecule has 1 atom stereocenters. The number of ether oxygens (including phenoxy) is 2. The quantitative estimate of drug-likeness (QED) is 0.145. The predicted molar refractivity (Wildman–Crippen MR) is 195 cm³/mol. The number of piperazine rings is 1. The van der Waals surface area contributed by atoms with E-state index in [0.29, 0.717) is 24.1 Å². The SMILES string of the molecule is COc1ccc(CN2CCN(C(=O)c3cc4cc(Oc5ccc(N(C)C(=O)c6cc(F)c(C)c(F)c6F)cn5)ccc4n3C)C(C)C2)cc1.O=C(O)C(=O)O. The molecule has 0 bridgehead atoms. The van der Waals surface area contributed by atoms with E-state index < -0.39 is 46.4 Å². The second-order valence-electron chi connectivity index (χ2n) is 12.8. The molecule has 0 radical (unpaired) electrons. The molecule has 1 aliphatic heterocycles. The lowest BCUT2D eigenvalue weighted by atomic mass is 10.1. The molecule has 1 saturated heterocycles. The Morgan fingerprint density at radius 1 is 0.909 bits per heavy atom. The molecule has 3 aromatic carbocycles. The number of carbonyl (C=O) groups is 4. The number of carboxylic acids is 2. The largest absolute Gasteiger partial charge is 0.497 e. The van der Waals surface area contributed by atoms with E-state index in [1.54, 1.807) is 13.2 Å². The van der Waals surface area contributed by atoms with Gasteiger partial charge in [-0.3, -0.25) is 14.5 Å². The molecule has 6 rings (SSSR count). The van der Waals surface area contributed by atoms with Crippen LogP contribution in [0.1, 0.15) is 38.9 Å². The van der Waals surface area contributed by atoms with Crippen molar-refractivity contribution in [3.63, 3.8) is 0 Å². The number of aliphatic carboxylic acids is 2. The summed E-state index contributed by atoms with van der Waals surface area (Å²) in [5.74, 6) is -6.93. The number of methoxy groups -OCH3 is 1. The first-order valence-electron chi connectivity index (χ1n) is 16.9. The highest BCUT2D eigenvalue weighted by Crippen LogP contribution is 2.29. The maximum absolute atomic E-state index is 14.4. The molecule has 1 fully saturated rings. The Labute approximate surface area is 313 Å². The third-order valence-electron chi connectivity index (χ3n) is 9.21. The minimum Gasteiger partial charge on any atom is -0.497 e. The molecule has 13 nitrogen and oxygen atoms in total. The van der Waals surface area contributed by atoms with E-state index in [-0.39, 0.29) is 23.5 Å². The Morgan fingerprint density at radius 2 is 1.58 bits per heavy atom. The molecule has 0 saturated carbocycles. The van der Waals surface area contributed by atoms with E-state index in [4.69, 9.17) is 29.3 Å². The van der Waals surface area contributed by atoms with Crippen molar-refractivity contribution in [2.24, 2.45) is 7.05 Å². The van der Waals surface area contributed by atoms with Crippen molar-refractivity contribution in [3.05, 3.63) is 113 Å². The van der Waals surface area contributed by atoms with E-state index in [2.05, 4.69) is 28.9 Å². The van der Waals surface area contributed by atoms with Gasteiger partial charge >= 0.3 is 11.9 Å². The van der Waals surface area contributed by atoms with Crippen molar-refractivity contribution in [2.45, 2.75) is 26.4 Å². The Morgan fingerprint density at radius 3 is 2.18 bits per heavy atom. The number of pyridine rings is 1. The molecule has 0 spiro atoms. The zero-order chi connectivity index (χ0) is 40.1. The van der Waals surface area contributed by atoms with Crippen LogP contribution in [0.4, 0.5) is 18.9 Å². The minimum atomic E-state index is -1.82. The Kier molecular flexibility index (Phi) is 12.1. The summed E-state index contributed by atoms with van der Waals surface area (Å²) in [6.07, 6.45) is 1.34. The van der Waals surface area contributed by atoms with E-state index in [1.807, 2.05) is 46.8 Å². The second kappa shape index (κ2) is 16.7. The molecule has 1 unspecified atom stereocenters. The highest BCUT2D eigenvalue weighted by Gasteiger charge is 2.30. The number of rotatable bonds is 8. The Bertz CT molecular complexity index is 2230. The van der Waals surface area contributed by atoms with E-state index in [0.717, 1.165) is 48.1 Å². The first-order valence-corrected chi connectivity index (χ1v) is 16.9. The zero-order valence-electron chi connectivity index (χ0n) is 30.5. The fourth-order valence-electron chi connectivity index (χ4n) is 6.10. The molecule has 288 valence electrons. The summed E-state index contributed by atoms with van der Waals surface area (Å²) in [6.45, 7) is 6.10. The van der Waals surface area contributed by atoms with Gasteiger partial charge in [-0.05, 0) is 67.9 Å². The molecule has 2 aromatic heterocycles. The molecule has 5 aromatic rings. The maximum atomic E-state index is 14.4. The molecule has 3 heterocycles. The van der Waals surface area contributed by atoms with Crippen molar-refractivity contribution in [3.8, 4) is 17.4 Å². The molecule has 2 amide bonds. The van der Waals surface area contributed by atoms with Crippen LogP contribution in [0.25, 0.3) is 10.9 Å². The fourth-order valence-corrected chi connectivity index (χ4v) is 6.10. The third-order valence-corrected chi connectivity index (χ3v) is 9.21. The van der Waals surface area contributed by atoms with Crippen LogP contribution < -0.4 is 14.4 Å². The number of halogens is 3. The maximum Gasteiger partial charge on any atom is 0.414 e. The van der Waals surface area contributed by atoms with E-state index in [9.17, 15) is 22.8 Å². The molecular weight excluding hydrogens is 723 g/mol. The summed E-state index contributed by atoms with van der Waals surface area (Å²) in [4.78, 5) is 54.3. The number of carboxylic acid groups (broad SMARTS) is 2. The van der Waals surface area contributed by atoms with Gasteiger partial charge in [0.2, 0.25) is 5.88 Å². The summed E-state index contributed by atoms with van der Waals surface area (Å²) in [6, 6.07) is 19.1. The van der Waals surface area contributed by atoms with Crippen LogP contribution >= 0.6 is 0 Å². The van der Waals surface area contributed by atoms with Gasteiger partial charge in [0, 0.05) is 68.8 Å². The molecule has 1 aliphatic rings. The predicted octanol–water partition coefficient (Wildman–Crippen LogP) is 5.88. The van der Waals surface area contributed by atoms with Gasteiger partial charge < -0.3 is 34.1 Å². The number of aryl methyl sites for hydroxylation is 1. The lowest BCUT2D eigenvalue weighted by molar-refractivity contribution is -0.159. The van der Waals surface area contributed by atoms with Crippen molar-refractivity contribution < 1.29 is 52.0 Å². The summed E-state index contributed by atoms with van der Waals surface area (Å²) in [5.41, 5.74) is 1.67. The van der Waals surface area contributed by atoms with Gasteiger partial charge in [-0.2, -0.15) is 0 Å². The van der Waals surface area contributed by atoms with Gasteiger partial charge in [-0.25, -0.2) is 27.7 Å². The van der Waals surface area contributed by atoms with E-state index >= 15 is 0 Å². The van der Waals surface area contributed by atoms with Gasteiger partial charge in [0.05, 0.1) is 24.6 Å². The zero-order valence-corrected chi connectivity index (χ0v) is 30.5. The first-order chi connectivity index (χ1) is 26.1. The average molecular weight is 762 g/mol. The van der Waals surface area contributed by atoms with Crippen molar-refractivity contribution in [2.75, 3.05) is 38.7 Å². The first kappa shape index (κ1) is 39.8. The monoisotopic (exact) mass is 761 g/mol. The number of aromatic nitrogens is 2. The van der Waals surface area contributed by atoms with E-state index in [1.165, 1.54) is 30.9 Å². The van der Waals surface area contributed by atoms with Crippen LogP contribution in [0.15, 0.2) is 72.9 Å². The molecule has 2 N–H and O–H groups in total. The lowest BCUT2D eigenvalue weighted by Gasteiger charge is -2.40. The van der Waals surface area contributed by atoms with Crippen LogP contribution in [0.3, 0.4) is 0 Å². The van der Waals surface area contributed by atoms with Crippen LogP contribution in [0, 0.1) is 24.4 Å². The smallest absolute Gasteiger partial charge is 0.414 e. The molecular formula is C39H38F3N5O8. The second-order valence-corrected chi connectivity index (χ2v) is 12.8. The lowest BCUT2D eigenvalue weighted by Crippen LogP contribution is -2.53. The van der Waals surface area contributed by atoms with Crippen LogP contribution in [0.5, 0.6) is 17.4 Å². The number of anilines is 1. The van der Waals surface area contributed by atoms with Gasteiger partial charge in [-0.1, -0.05) is 12.1 Å². The molecule has 16 heteroatoms. The van der Waals surface area contributed by atoms with Crippen LogP contribution in [-0.4, -0.2) is 93.2 Å². The van der Waals surface area contributed by atoms with Crippen LogP contribution in [0.2, 0.25) is 0 Å². The number of carbonyl (C=O) groups excluding carboxylic acids is 2. The summed E-state index contributed by atoms with van der Waals surface area (Å²) >= 11 is 0. The molecule has 0 aliphatic carbocycles. The van der Waals surface area contributed by atoms with Crippen molar-refractivity contribution in [1.29, 1.82) is 0 Å². The third kappa shape index (κ3) is 8.87. The normalized spacial score (nSPS) is 14.2. The fraction of sp³-hybridized carbons (Fsp3) is 0.256. The molecule has 55 heavy (non-hydrogen) atoms. The number of benzene rings is 3. The average Bonchev–Trinajstić information content (AvgIpc) is 3.50. The van der Waals surface area contributed by atoms with Gasteiger partial charge in [0.25, 0.3) is 11.8 Å². The summed E-state index contributed by atoms with van der Waals surface area (Å²) < 4.78 is 55.6. The minimum absolute atomic E-state index is 0.0260. The van der Waals surface area contributed by atoms with Crippen LogP contribution in [-0.2, 0) is 23.2 Å².